The minimum absolute atomic E-state index is 0.146. The van der Waals surface area contributed by atoms with Crippen molar-refractivity contribution in [2.45, 2.75) is 16.7 Å². The Morgan fingerprint density at radius 1 is 0.966 bits per heavy atom. The van der Waals surface area contributed by atoms with Crippen molar-refractivity contribution in [2.75, 3.05) is 5.32 Å². The van der Waals surface area contributed by atoms with E-state index in [2.05, 4.69) is 5.32 Å². The maximum atomic E-state index is 12.5. The van der Waals surface area contributed by atoms with Crippen molar-refractivity contribution in [1.82, 2.24) is 0 Å². The molecule has 0 unspecified atom stereocenters. The Labute approximate surface area is 171 Å². The summed E-state index contributed by atoms with van der Waals surface area (Å²) in [5.74, 6) is -1.06. The van der Waals surface area contributed by atoms with Gasteiger partial charge in [-0.05, 0) is 55.5 Å². The topological polar surface area (TPSA) is 115 Å². The average Bonchev–Trinajstić information content (AvgIpc) is 2.70. The van der Waals surface area contributed by atoms with Crippen molar-refractivity contribution < 1.29 is 14.5 Å². The van der Waals surface area contributed by atoms with Crippen molar-refractivity contribution in [1.29, 1.82) is 0 Å². The van der Waals surface area contributed by atoms with E-state index < -0.39 is 16.7 Å². The molecule has 3 aromatic carbocycles. The number of aryl methyl sites for hydroxylation is 1. The molecular formula is C21H17N3O4S. The zero-order valence-corrected chi connectivity index (χ0v) is 16.2. The van der Waals surface area contributed by atoms with Crippen LogP contribution in [0.2, 0.25) is 0 Å². The van der Waals surface area contributed by atoms with Crippen LogP contribution >= 0.6 is 11.8 Å². The van der Waals surface area contributed by atoms with Crippen LogP contribution in [0.5, 0.6) is 0 Å². The van der Waals surface area contributed by atoms with Crippen LogP contribution in [0, 0.1) is 17.0 Å². The summed E-state index contributed by atoms with van der Waals surface area (Å²) in [6.45, 7) is 1.96. The van der Waals surface area contributed by atoms with E-state index in [9.17, 15) is 19.7 Å². The van der Waals surface area contributed by atoms with E-state index in [1.165, 1.54) is 48.2 Å². The van der Waals surface area contributed by atoms with Gasteiger partial charge in [-0.1, -0.05) is 29.5 Å². The molecule has 0 atom stereocenters. The summed E-state index contributed by atoms with van der Waals surface area (Å²) in [5.41, 5.74) is 7.05. The number of amides is 2. The summed E-state index contributed by atoms with van der Waals surface area (Å²) in [6, 6.07) is 18.0. The average molecular weight is 407 g/mol. The molecule has 0 aliphatic heterocycles. The monoisotopic (exact) mass is 407 g/mol. The molecule has 0 radical (unpaired) electrons. The molecule has 2 amide bonds. The van der Waals surface area contributed by atoms with Gasteiger partial charge in [0.25, 0.3) is 11.6 Å². The van der Waals surface area contributed by atoms with Crippen LogP contribution in [0.25, 0.3) is 0 Å². The van der Waals surface area contributed by atoms with Gasteiger partial charge in [0.15, 0.2) is 0 Å². The van der Waals surface area contributed by atoms with E-state index >= 15 is 0 Å². The van der Waals surface area contributed by atoms with Crippen LogP contribution < -0.4 is 11.1 Å². The highest BCUT2D eigenvalue weighted by Crippen LogP contribution is 2.35. The molecular weight excluding hydrogens is 390 g/mol. The van der Waals surface area contributed by atoms with Gasteiger partial charge in [0.1, 0.15) is 0 Å². The predicted molar refractivity (Wildman–Crippen MR) is 111 cm³/mol. The van der Waals surface area contributed by atoms with Crippen LogP contribution in [-0.4, -0.2) is 16.7 Å². The number of hydrogen-bond acceptors (Lipinski definition) is 5. The van der Waals surface area contributed by atoms with E-state index in [4.69, 9.17) is 5.73 Å². The van der Waals surface area contributed by atoms with E-state index in [1.54, 1.807) is 6.07 Å². The number of nitrogens with one attached hydrogen (secondary N) is 1. The molecule has 0 saturated heterocycles. The Balaban J connectivity index is 1.81. The molecule has 146 valence electrons. The highest BCUT2D eigenvalue weighted by atomic mass is 32.2. The summed E-state index contributed by atoms with van der Waals surface area (Å²) >= 11 is 1.26. The Morgan fingerprint density at radius 3 is 2.17 bits per heavy atom. The molecule has 0 saturated carbocycles. The van der Waals surface area contributed by atoms with Gasteiger partial charge >= 0.3 is 0 Å². The van der Waals surface area contributed by atoms with Crippen molar-refractivity contribution in [3.63, 3.8) is 0 Å². The molecule has 3 rings (SSSR count). The molecule has 29 heavy (non-hydrogen) atoms. The fraction of sp³-hybridized carbons (Fsp3) is 0.0476. The molecule has 0 heterocycles. The fourth-order valence-corrected chi connectivity index (χ4v) is 3.44. The molecule has 0 bridgehead atoms. The highest BCUT2D eigenvalue weighted by Gasteiger charge is 2.19. The smallest absolute Gasteiger partial charge is 0.284 e. The van der Waals surface area contributed by atoms with Crippen molar-refractivity contribution in [3.8, 4) is 0 Å². The molecule has 0 spiro atoms. The number of nitrogens with two attached hydrogens (primary N) is 1. The first-order valence-electron chi connectivity index (χ1n) is 8.57. The normalized spacial score (nSPS) is 10.4. The summed E-state index contributed by atoms with van der Waals surface area (Å²) in [4.78, 5) is 35.9. The van der Waals surface area contributed by atoms with Gasteiger partial charge < -0.3 is 11.1 Å². The lowest BCUT2D eigenvalue weighted by molar-refractivity contribution is -0.387. The molecule has 3 aromatic rings. The fourth-order valence-electron chi connectivity index (χ4n) is 2.54. The van der Waals surface area contributed by atoms with Crippen molar-refractivity contribution in [3.05, 3.63) is 93.5 Å². The van der Waals surface area contributed by atoms with Gasteiger partial charge in [-0.15, -0.1) is 0 Å². The number of nitro groups is 1. The molecule has 7 nitrogen and oxygen atoms in total. The number of nitro benzene ring substituents is 1. The lowest BCUT2D eigenvalue weighted by Crippen LogP contribution is -2.13. The van der Waals surface area contributed by atoms with Gasteiger partial charge in [0, 0.05) is 27.8 Å². The van der Waals surface area contributed by atoms with Gasteiger partial charge in [-0.25, -0.2) is 0 Å². The Kier molecular flexibility index (Phi) is 5.94. The van der Waals surface area contributed by atoms with Gasteiger partial charge in [-0.3, -0.25) is 19.7 Å². The number of anilines is 1. The third kappa shape index (κ3) is 4.99. The zero-order valence-electron chi connectivity index (χ0n) is 15.4. The van der Waals surface area contributed by atoms with E-state index in [-0.39, 0.29) is 11.3 Å². The van der Waals surface area contributed by atoms with Crippen LogP contribution in [0.15, 0.2) is 76.5 Å². The quantitative estimate of drug-likeness (QED) is 0.464. The second kappa shape index (κ2) is 8.57. The first kappa shape index (κ1) is 20.1. The van der Waals surface area contributed by atoms with Crippen LogP contribution in [0.3, 0.4) is 0 Å². The van der Waals surface area contributed by atoms with E-state index in [1.807, 2.05) is 31.2 Å². The maximum Gasteiger partial charge on any atom is 0.284 e. The zero-order chi connectivity index (χ0) is 21.0. The van der Waals surface area contributed by atoms with Crippen LogP contribution in [0.4, 0.5) is 11.4 Å². The number of hydrogen-bond donors (Lipinski definition) is 2. The van der Waals surface area contributed by atoms with E-state index in [0.29, 0.717) is 16.1 Å². The standard InChI is InChI=1S/C21H17N3O4S/c1-13-2-9-17(10-3-13)29-19-11-6-15(12-18(19)24(27)28)21(26)23-16-7-4-14(5-8-16)20(22)25/h2-12H,1H3,(H2,22,25)(H,23,26). The molecule has 0 fully saturated rings. The van der Waals surface area contributed by atoms with Crippen LogP contribution in [-0.2, 0) is 0 Å². The van der Waals surface area contributed by atoms with Crippen molar-refractivity contribution in [2.24, 2.45) is 5.73 Å². The molecule has 0 aliphatic carbocycles. The number of rotatable bonds is 6. The Hall–Kier alpha value is -3.65. The molecule has 0 aromatic heterocycles. The summed E-state index contributed by atoms with van der Waals surface area (Å²) in [6.07, 6.45) is 0. The number of benzene rings is 3. The highest BCUT2D eigenvalue weighted by molar-refractivity contribution is 7.99. The minimum atomic E-state index is -0.569. The van der Waals surface area contributed by atoms with Crippen molar-refractivity contribution >= 4 is 35.0 Å². The lowest BCUT2D eigenvalue weighted by Gasteiger charge is -2.08. The number of carbonyl (C=O) groups excluding carboxylic acids is 2. The minimum Gasteiger partial charge on any atom is -0.366 e. The molecule has 0 aliphatic rings. The lowest BCUT2D eigenvalue weighted by atomic mass is 10.1. The summed E-state index contributed by atoms with van der Waals surface area (Å²) in [7, 11) is 0. The molecule has 8 heteroatoms. The first-order valence-corrected chi connectivity index (χ1v) is 9.39. The first-order chi connectivity index (χ1) is 13.8. The molecule has 3 N–H and O–H groups in total. The SMILES string of the molecule is Cc1ccc(Sc2ccc(C(=O)Nc3ccc(C(N)=O)cc3)cc2[N+](=O)[O-])cc1. The number of nitrogens with zero attached hydrogens (tertiary/aromatic N) is 1. The largest absolute Gasteiger partial charge is 0.366 e. The second-order valence-corrected chi connectivity index (χ2v) is 7.37. The Morgan fingerprint density at radius 2 is 1.59 bits per heavy atom. The van der Waals surface area contributed by atoms with Gasteiger partial charge in [0.05, 0.1) is 9.82 Å². The van der Waals surface area contributed by atoms with Gasteiger partial charge in [-0.2, -0.15) is 0 Å². The third-order valence-electron chi connectivity index (χ3n) is 4.09. The third-order valence-corrected chi connectivity index (χ3v) is 5.17. The number of carbonyl (C=O) groups is 2. The van der Waals surface area contributed by atoms with E-state index in [0.717, 1.165) is 10.5 Å². The van der Waals surface area contributed by atoms with Gasteiger partial charge in [0.2, 0.25) is 5.91 Å². The number of primary amides is 1. The summed E-state index contributed by atoms with van der Waals surface area (Å²) < 4.78 is 0. The second-order valence-electron chi connectivity index (χ2n) is 6.25. The maximum absolute atomic E-state index is 12.5. The predicted octanol–water partition coefficient (Wildman–Crippen LogP) is 4.41. The summed E-state index contributed by atoms with van der Waals surface area (Å²) in [5, 5.41) is 14.2. The van der Waals surface area contributed by atoms with Crippen LogP contribution in [0.1, 0.15) is 26.3 Å². The Bertz CT molecular complexity index is 1080.